The lowest BCUT2D eigenvalue weighted by Crippen LogP contribution is -2.35. The van der Waals surface area contributed by atoms with Gasteiger partial charge in [0.25, 0.3) is 0 Å². The molecule has 0 fully saturated rings. The molecule has 2 unspecified atom stereocenters. The molecule has 0 radical (unpaired) electrons. The quantitative estimate of drug-likeness (QED) is 0.418. The Labute approximate surface area is 113 Å². The molecule has 0 aliphatic heterocycles. The van der Waals surface area contributed by atoms with Crippen LogP contribution in [-0.4, -0.2) is 41.0 Å². The van der Waals surface area contributed by atoms with Crippen molar-refractivity contribution >= 4 is 0 Å². The van der Waals surface area contributed by atoms with E-state index in [0.717, 1.165) is 12.8 Å². The third kappa shape index (κ3) is 11.0. The van der Waals surface area contributed by atoms with E-state index in [9.17, 15) is 10.2 Å². The summed E-state index contributed by atoms with van der Waals surface area (Å²) in [6, 6.07) is 0. The van der Waals surface area contributed by atoms with E-state index >= 15 is 0 Å². The minimum absolute atomic E-state index is 0.301. The van der Waals surface area contributed by atoms with E-state index in [1.807, 2.05) is 7.05 Å². The fraction of sp³-hybridized carbons (Fsp3) is 1.00. The first-order chi connectivity index (χ1) is 8.57. The van der Waals surface area contributed by atoms with E-state index in [-0.39, 0.29) is 6.10 Å². The molecule has 0 heterocycles. The second-order valence-corrected chi connectivity index (χ2v) is 5.49. The van der Waals surface area contributed by atoms with Gasteiger partial charge in [0.15, 0.2) is 0 Å². The highest BCUT2D eigenvalue weighted by Crippen LogP contribution is 2.11. The lowest BCUT2D eigenvalue weighted by atomic mass is 10.1. The van der Waals surface area contributed by atoms with Gasteiger partial charge in [-0.3, -0.25) is 4.90 Å². The maximum atomic E-state index is 9.79. The Balaban J connectivity index is 3.27. The molecule has 0 amide bonds. The van der Waals surface area contributed by atoms with Gasteiger partial charge in [-0.15, -0.1) is 0 Å². The first kappa shape index (κ1) is 17.9. The Bertz CT molecular complexity index is 174. The molecule has 3 heteroatoms. The molecule has 2 atom stereocenters. The molecule has 0 rings (SSSR count). The van der Waals surface area contributed by atoms with E-state index in [2.05, 4.69) is 6.92 Å². The van der Waals surface area contributed by atoms with Crippen molar-refractivity contribution in [3.8, 4) is 0 Å². The lowest BCUT2D eigenvalue weighted by molar-refractivity contribution is 0.00447. The van der Waals surface area contributed by atoms with Crippen LogP contribution in [-0.2, 0) is 0 Å². The van der Waals surface area contributed by atoms with Gasteiger partial charge in [-0.25, -0.2) is 0 Å². The van der Waals surface area contributed by atoms with E-state index in [1.54, 1.807) is 11.8 Å². The molecule has 0 saturated heterocycles. The highest BCUT2D eigenvalue weighted by Gasteiger charge is 2.10. The molecule has 0 aliphatic rings. The highest BCUT2D eigenvalue weighted by atomic mass is 16.3. The summed E-state index contributed by atoms with van der Waals surface area (Å²) in [4.78, 5) is 1.77. The molecular weight excluding hydrogens is 226 g/mol. The Kier molecular flexibility index (Phi) is 11.9. The number of rotatable bonds is 12. The number of likely N-dealkylation sites (N-methyl/N-ethyl adjacent to an activating group) is 1. The van der Waals surface area contributed by atoms with Gasteiger partial charge in [-0.1, -0.05) is 58.3 Å². The topological polar surface area (TPSA) is 43.7 Å². The number of hydrogen-bond donors (Lipinski definition) is 2. The smallest absolute Gasteiger partial charge is 0.104 e. The van der Waals surface area contributed by atoms with Crippen LogP contribution in [0.2, 0.25) is 0 Å². The van der Waals surface area contributed by atoms with E-state index in [4.69, 9.17) is 0 Å². The predicted molar refractivity (Wildman–Crippen MR) is 77.5 cm³/mol. The van der Waals surface area contributed by atoms with Gasteiger partial charge in [-0.05, 0) is 20.4 Å². The zero-order chi connectivity index (χ0) is 13.8. The number of aliphatic hydroxyl groups is 2. The standard InChI is InChI=1S/C15H33NO2/c1-4-5-6-7-8-9-10-11-12-15(18)13-16(3)14(2)17/h14-15,17-18H,4-13H2,1-3H3. The van der Waals surface area contributed by atoms with Gasteiger partial charge >= 0.3 is 0 Å². The first-order valence-electron chi connectivity index (χ1n) is 7.64. The van der Waals surface area contributed by atoms with Crippen LogP contribution < -0.4 is 0 Å². The van der Waals surface area contributed by atoms with Crippen molar-refractivity contribution in [2.75, 3.05) is 13.6 Å². The van der Waals surface area contributed by atoms with E-state index in [0.29, 0.717) is 6.54 Å². The highest BCUT2D eigenvalue weighted by molar-refractivity contribution is 4.62. The van der Waals surface area contributed by atoms with Crippen molar-refractivity contribution in [3.05, 3.63) is 0 Å². The van der Waals surface area contributed by atoms with Crippen LogP contribution in [0.15, 0.2) is 0 Å². The molecule has 0 saturated carbocycles. The number of hydrogen-bond acceptors (Lipinski definition) is 3. The second kappa shape index (κ2) is 11.9. The average Bonchev–Trinajstić information content (AvgIpc) is 2.32. The fourth-order valence-corrected chi connectivity index (χ4v) is 2.09. The largest absolute Gasteiger partial charge is 0.392 e. The van der Waals surface area contributed by atoms with Crippen LogP contribution in [0, 0.1) is 0 Å². The van der Waals surface area contributed by atoms with Crippen molar-refractivity contribution < 1.29 is 10.2 Å². The molecule has 0 aromatic heterocycles. The average molecular weight is 259 g/mol. The van der Waals surface area contributed by atoms with Gasteiger partial charge in [-0.2, -0.15) is 0 Å². The summed E-state index contributed by atoms with van der Waals surface area (Å²) in [5, 5.41) is 19.1. The molecule has 0 aliphatic carbocycles. The fourth-order valence-electron chi connectivity index (χ4n) is 2.09. The van der Waals surface area contributed by atoms with Crippen LogP contribution in [0.3, 0.4) is 0 Å². The maximum absolute atomic E-state index is 9.79. The van der Waals surface area contributed by atoms with Crippen molar-refractivity contribution in [1.29, 1.82) is 0 Å². The van der Waals surface area contributed by atoms with Gasteiger partial charge < -0.3 is 10.2 Å². The molecule has 0 aromatic carbocycles. The molecule has 0 bridgehead atoms. The summed E-state index contributed by atoms with van der Waals surface area (Å²) >= 11 is 0. The first-order valence-corrected chi connectivity index (χ1v) is 7.64. The van der Waals surface area contributed by atoms with Gasteiger partial charge in [0.05, 0.1) is 6.10 Å². The van der Waals surface area contributed by atoms with Gasteiger partial charge in [0, 0.05) is 6.54 Å². The number of aliphatic hydroxyl groups excluding tert-OH is 2. The monoisotopic (exact) mass is 259 g/mol. The normalized spacial score (nSPS) is 15.0. The summed E-state index contributed by atoms with van der Waals surface area (Å²) in [6.07, 6.45) is 10.4. The summed E-state index contributed by atoms with van der Waals surface area (Å²) in [5.74, 6) is 0. The Morgan fingerprint density at radius 3 is 1.89 bits per heavy atom. The molecule has 0 spiro atoms. The lowest BCUT2D eigenvalue weighted by Gasteiger charge is -2.22. The molecule has 3 nitrogen and oxygen atoms in total. The van der Waals surface area contributed by atoms with E-state index < -0.39 is 6.23 Å². The molecular formula is C15H33NO2. The Hall–Kier alpha value is -0.120. The van der Waals surface area contributed by atoms with Crippen molar-refractivity contribution in [3.63, 3.8) is 0 Å². The molecule has 110 valence electrons. The Morgan fingerprint density at radius 1 is 0.889 bits per heavy atom. The number of unbranched alkanes of at least 4 members (excludes halogenated alkanes) is 7. The van der Waals surface area contributed by atoms with Crippen molar-refractivity contribution in [1.82, 2.24) is 4.90 Å². The van der Waals surface area contributed by atoms with Crippen LogP contribution in [0.5, 0.6) is 0 Å². The van der Waals surface area contributed by atoms with Crippen molar-refractivity contribution in [2.45, 2.75) is 84.0 Å². The summed E-state index contributed by atoms with van der Waals surface area (Å²) in [6.45, 7) is 4.53. The summed E-state index contributed by atoms with van der Waals surface area (Å²) in [7, 11) is 1.83. The predicted octanol–water partition coefficient (Wildman–Crippen LogP) is 3.15. The Morgan fingerprint density at radius 2 is 1.39 bits per heavy atom. The van der Waals surface area contributed by atoms with Crippen LogP contribution in [0.1, 0.15) is 71.6 Å². The third-order valence-corrected chi connectivity index (χ3v) is 3.53. The van der Waals surface area contributed by atoms with Crippen LogP contribution in [0.4, 0.5) is 0 Å². The number of nitrogens with zero attached hydrogens (tertiary/aromatic N) is 1. The SMILES string of the molecule is CCCCCCCCCCC(O)CN(C)C(C)O. The van der Waals surface area contributed by atoms with Crippen LogP contribution >= 0.6 is 0 Å². The van der Waals surface area contributed by atoms with Crippen LogP contribution in [0.25, 0.3) is 0 Å². The molecule has 2 N–H and O–H groups in total. The zero-order valence-electron chi connectivity index (χ0n) is 12.6. The summed E-state index contributed by atoms with van der Waals surface area (Å²) < 4.78 is 0. The summed E-state index contributed by atoms with van der Waals surface area (Å²) in [5.41, 5.74) is 0. The maximum Gasteiger partial charge on any atom is 0.104 e. The molecule has 18 heavy (non-hydrogen) atoms. The zero-order valence-corrected chi connectivity index (χ0v) is 12.6. The minimum atomic E-state index is -0.474. The van der Waals surface area contributed by atoms with Gasteiger partial charge in [0.1, 0.15) is 6.23 Å². The minimum Gasteiger partial charge on any atom is -0.392 e. The molecule has 0 aromatic rings. The third-order valence-electron chi connectivity index (χ3n) is 3.53. The second-order valence-electron chi connectivity index (χ2n) is 5.49. The van der Waals surface area contributed by atoms with E-state index in [1.165, 1.54) is 44.9 Å². The van der Waals surface area contributed by atoms with Gasteiger partial charge in [0.2, 0.25) is 0 Å². The van der Waals surface area contributed by atoms with Crippen molar-refractivity contribution in [2.24, 2.45) is 0 Å².